The summed E-state index contributed by atoms with van der Waals surface area (Å²) in [5, 5.41) is 0.200. The van der Waals surface area contributed by atoms with Crippen LogP contribution in [0.3, 0.4) is 0 Å². The van der Waals surface area contributed by atoms with E-state index in [1.165, 1.54) is 5.57 Å². The first-order valence-corrected chi connectivity index (χ1v) is 15.5. The highest BCUT2D eigenvalue weighted by Gasteiger charge is 2.36. The molecule has 1 aromatic rings. The Labute approximate surface area is 214 Å². The Morgan fingerprint density at radius 2 is 1.83 bits per heavy atom. The van der Waals surface area contributed by atoms with Crippen molar-refractivity contribution < 1.29 is 23.4 Å². The lowest BCUT2D eigenvalue weighted by molar-refractivity contribution is -0.0420. The molecule has 0 aliphatic carbocycles. The molecule has 5 nitrogen and oxygen atoms in total. The van der Waals surface area contributed by atoms with Crippen molar-refractivity contribution >= 4 is 8.32 Å². The first-order valence-electron chi connectivity index (χ1n) is 12.6. The fraction of sp³-hybridized carbons (Fsp3) is 0.586. The normalized spacial score (nSPS) is 19.2. The zero-order valence-corrected chi connectivity index (χ0v) is 24.0. The number of hydrogen-bond acceptors (Lipinski definition) is 5. The van der Waals surface area contributed by atoms with Gasteiger partial charge < -0.3 is 23.4 Å². The molecule has 0 spiro atoms. The van der Waals surface area contributed by atoms with Gasteiger partial charge in [0.2, 0.25) is 0 Å². The zero-order valence-electron chi connectivity index (χ0n) is 23.0. The molecule has 0 saturated carbocycles. The quantitative estimate of drug-likeness (QED) is 0.218. The van der Waals surface area contributed by atoms with E-state index in [4.69, 9.17) is 23.4 Å². The van der Waals surface area contributed by atoms with Gasteiger partial charge in [-0.1, -0.05) is 68.9 Å². The Hall–Kier alpha value is -1.70. The topological polar surface area (TPSA) is 46.2 Å². The third kappa shape index (κ3) is 10.1. The summed E-state index contributed by atoms with van der Waals surface area (Å²) in [7, 11) is 1.64. The molecule has 0 saturated heterocycles. The van der Waals surface area contributed by atoms with Crippen LogP contribution in [-0.4, -0.2) is 54.1 Å². The minimum atomic E-state index is -1.76. The molecule has 1 aromatic carbocycles. The van der Waals surface area contributed by atoms with Gasteiger partial charge >= 0.3 is 0 Å². The molecule has 3 atom stereocenters. The third-order valence-electron chi connectivity index (χ3n) is 6.92. The lowest BCUT2D eigenvalue weighted by Crippen LogP contribution is -2.40. The number of ether oxygens (including phenoxy) is 4. The van der Waals surface area contributed by atoms with E-state index in [-0.39, 0.29) is 23.4 Å². The number of methoxy groups -OCH3 is 2. The van der Waals surface area contributed by atoms with Gasteiger partial charge in [-0.05, 0) is 55.6 Å². The average molecular weight is 503 g/mol. The molecule has 0 bridgehead atoms. The van der Waals surface area contributed by atoms with E-state index in [1.807, 2.05) is 24.3 Å². The highest BCUT2D eigenvalue weighted by Crippen LogP contribution is 2.36. The molecular formula is C29H46O5Si. The summed E-state index contributed by atoms with van der Waals surface area (Å²) in [6.45, 7) is 15.3. The van der Waals surface area contributed by atoms with Gasteiger partial charge in [0, 0.05) is 7.11 Å². The summed E-state index contributed by atoms with van der Waals surface area (Å²) in [6, 6.07) is 7.97. The van der Waals surface area contributed by atoms with Crippen molar-refractivity contribution in [1.82, 2.24) is 0 Å². The Morgan fingerprint density at radius 1 is 1.11 bits per heavy atom. The van der Waals surface area contributed by atoms with Gasteiger partial charge in [0.15, 0.2) is 8.32 Å². The van der Waals surface area contributed by atoms with Gasteiger partial charge in [-0.15, -0.1) is 0 Å². The van der Waals surface area contributed by atoms with Crippen molar-refractivity contribution in [1.29, 1.82) is 0 Å². The number of benzene rings is 1. The molecule has 35 heavy (non-hydrogen) atoms. The molecule has 0 N–H and O–H groups in total. The highest BCUT2D eigenvalue weighted by molar-refractivity contribution is 6.74. The molecule has 0 aromatic heterocycles. The van der Waals surface area contributed by atoms with Gasteiger partial charge in [0.1, 0.15) is 11.9 Å². The first kappa shape index (κ1) is 29.5. The molecule has 0 amide bonds. The first-order chi connectivity index (χ1) is 16.6. The summed E-state index contributed by atoms with van der Waals surface area (Å²) >= 11 is 0. The van der Waals surface area contributed by atoms with Gasteiger partial charge in [-0.25, -0.2) is 0 Å². The summed E-state index contributed by atoms with van der Waals surface area (Å²) in [5.41, 5.74) is 2.45. The molecule has 2 rings (SSSR count). The fourth-order valence-electron chi connectivity index (χ4n) is 3.48. The monoisotopic (exact) mass is 502 g/mol. The predicted molar refractivity (Wildman–Crippen MR) is 147 cm³/mol. The van der Waals surface area contributed by atoms with Crippen LogP contribution in [0.5, 0.6) is 5.75 Å². The van der Waals surface area contributed by atoms with Crippen LogP contribution in [0.4, 0.5) is 0 Å². The van der Waals surface area contributed by atoms with E-state index in [0.29, 0.717) is 19.8 Å². The van der Waals surface area contributed by atoms with Crippen LogP contribution in [0.2, 0.25) is 18.1 Å². The molecular weight excluding hydrogens is 456 g/mol. The van der Waals surface area contributed by atoms with Crippen molar-refractivity contribution in [2.24, 2.45) is 0 Å². The van der Waals surface area contributed by atoms with Crippen LogP contribution >= 0.6 is 0 Å². The molecule has 6 heteroatoms. The lowest BCUT2D eigenvalue weighted by atomic mass is 10.0. The van der Waals surface area contributed by atoms with Crippen LogP contribution in [0, 0.1) is 0 Å². The van der Waals surface area contributed by atoms with Crippen LogP contribution in [0.15, 0.2) is 60.2 Å². The SMILES string of the molecule is COc1ccc(CO[C@@H](C/C=C/CO[Si](C)(C)C(C)(C)C)[C@H](/C=C/[C@@H]2CC(C)=CCO2)OC)cc1. The minimum absolute atomic E-state index is 0.0772. The van der Waals surface area contributed by atoms with Crippen molar-refractivity contribution in [3.8, 4) is 5.75 Å². The minimum Gasteiger partial charge on any atom is -0.497 e. The standard InChI is InChI=1S/C29H46O5Si/c1-23-18-20-32-26(21-23)16-17-27(31-6)28(33-22-24-12-14-25(30-5)15-13-24)11-9-10-19-34-35(7,8)29(2,3)4/h9-10,12-18,26-28H,11,19-22H2,1-8H3/b10-9+,17-16+/t26-,27+,28+/m1/s1. The third-order valence-corrected chi connectivity index (χ3v) is 11.4. The van der Waals surface area contributed by atoms with Gasteiger partial charge in [-0.2, -0.15) is 0 Å². The summed E-state index contributed by atoms with van der Waals surface area (Å²) in [4.78, 5) is 0. The second-order valence-electron chi connectivity index (χ2n) is 10.7. The van der Waals surface area contributed by atoms with E-state index < -0.39 is 8.32 Å². The van der Waals surface area contributed by atoms with E-state index in [9.17, 15) is 0 Å². The predicted octanol–water partition coefficient (Wildman–Crippen LogP) is 6.85. The molecule has 1 heterocycles. The molecule has 0 unspecified atom stereocenters. The smallest absolute Gasteiger partial charge is 0.192 e. The second kappa shape index (κ2) is 14.1. The second-order valence-corrected chi connectivity index (χ2v) is 15.5. The molecule has 196 valence electrons. The van der Waals surface area contributed by atoms with Crippen molar-refractivity contribution in [3.05, 3.63) is 65.8 Å². The fourth-order valence-corrected chi connectivity index (χ4v) is 4.42. The number of rotatable bonds is 13. The maximum Gasteiger partial charge on any atom is 0.192 e. The molecule has 0 fully saturated rings. The van der Waals surface area contributed by atoms with E-state index in [1.54, 1.807) is 14.2 Å². The van der Waals surface area contributed by atoms with Crippen molar-refractivity contribution in [3.63, 3.8) is 0 Å². The van der Waals surface area contributed by atoms with Crippen LogP contribution in [0.25, 0.3) is 0 Å². The zero-order chi connectivity index (χ0) is 25.9. The summed E-state index contributed by atoms with van der Waals surface area (Å²) in [5.74, 6) is 0.837. The Morgan fingerprint density at radius 3 is 2.43 bits per heavy atom. The maximum atomic E-state index is 6.36. The van der Waals surface area contributed by atoms with Crippen LogP contribution in [-0.2, 0) is 25.2 Å². The molecule has 1 aliphatic rings. The molecule has 1 aliphatic heterocycles. The average Bonchev–Trinajstić information content (AvgIpc) is 2.81. The Bertz CT molecular complexity index is 836. The Kier molecular flexibility index (Phi) is 11.9. The molecule has 0 radical (unpaired) electrons. The number of hydrogen-bond donors (Lipinski definition) is 0. The summed E-state index contributed by atoms with van der Waals surface area (Å²) < 4.78 is 29.6. The maximum absolute atomic E-state index is 6.36. The van der Waals surface area contributed by atoms with Crippen molar-refractivity contribution in [2.45, 2.75) is 83.6 Å². The highest BCUT2D eigenvalue weighted by atomic mass is 28.4. The van der Waals surface area contributed by atoms with Crippen LogP contribution in [0.1, 0.15) is 46.1 Å². The van der Waals surface area contributed by atoms with Crippen LogP contribution < -0.4 is 4.74 Å². The van der Waals surface area contributed by atoms with Gasteiger partial charge in [0.05, 0.1) is 39.1 Å². The van der Waals surface area contributed by atoms with Gasteiger partial charge in [-0.3, -0.25) is 0 Å². The van der Waals surface area contributed by atoms with Gasteiger partial charge in [0.25, 0.3) is 0 Å². The van der Waals surface area contributed by atoms with E-state index in [2.05, 4.69) is 71.2 Å². The van der Waals surface area contributed by atoms with E-state index in [0.717, 1.165) is 24.2 Å². The largest absolute Gasteiger partial charge is 0.497 e. The van der Waals surface area contributed by atoms with Crippen molar-refractivity contribution in [2.75, 3.05) is 27.4 Å². The lowest BCUT2D eigenvalue weighted by Gasteiger charge is -2.35. The summed E-state index contributed by atoms with van der Waals surface area (Å²) in [6.07, 6.45) is 12.0. The Balaban J connectivity index is 2.04. The van der Waals surface area contributed by atoms with E-state index >= 15 is 0 Å².